The minimum absolute atomic E-state index is 0.155. The smallest absolute Gasteiger partial charge is 0.0735 e. The Morgan fingerprint density at radius 3 is 1.72 bits per heavy atom. The van der Waals surface area contributed by atoms with Crippen LogP contribution in [0.4, 0.5) is 0 Å². The Labute approximate surface area is 274 Å². The summed E-state index contributed by atoms with van der Waals surface area (Å²) in [5.74, 6) is 0. The first-order chi connectivity index (χ1) is 22.6. The summed E-state index contributed by atoms with van der Waals surface area (Å²) in [6, 6.07) is 57.4. The second-order valence-electron chi connectivity index (χ2n) is 14.4. The van der Waals surface area contributed by atoms with E-state index in [1.165, 1.54) is 75.7 Å². The molecule has 0 nitrogen and oxygen atoms in total. The highest BCUT2D eigenvalue weighted by atomic mass is 14.5. The van der Waals surface area contributed by atoms with Gasteiger partial charge in [0, 0.05) is 0 Å². The second-order valence-corrected chi connectivity index (χ2v) is 14.4. The average Bonchev–Trinajstić information content (AvgIpc) is 3.52. The number of rotatable bonds is 4. The van der Waals surface area contributed by atoms with E-state index in [4.69, 9.17) is 0 Å². The summed E-state index contributed by atoms with van der Waals surface area (Å²) < 4.78 is 0. The monoisotopic (exact) mass is 590 g/mol. The van der Waals surface area contributed by atoms with Gasteiger partial charge in [0.1, 0.15) is 0 Å². The molecular weight excluding hydrogens is 551 g/mol. The lowest BCUT2D eigenvalue weighted by Crippen LogP contribution is -2.51. The predicted octanol–water partition coefficient (Wildman–Crippen LogP) is 9.93. The summed E-state index contributed by atoms with van der Waals surface area (Å²) in [7, 11) is 0. The van der Waals surface area contributed by atoms with Crippen LogP contribution in [0, 0.1) is 0 Å². The van der Waals surface area contributed by atoms with Crippen molar-refractivity contribution in [3.63, 3.8) is 0 Å². The zero-order valence-corrected chi connectivity index (χ0v) is 26.8. The first kappa shape index (κ1) is 27.7. The molecule has 222 valence electrons. The normalized spacial score (nSPS) is 22.1. The minimum Gasteiger partial charge on any atom is -0.0735 e. The number of fused-ring (bicyclic) bond motifs is 6. The van der Waals surface area contributed by atoms with Gasteiger partial charge in [0.25, 0.3) is 0 Å². The van der Waals surface area contributed by atoms with Crippen LogP contribution in [0.5, 0.6) is 0 Å². The third-order valence-electron chi connectivity index (χ3n) is 12.4. The molecule has 0 saturated heterocycles. The van der Waals surface area contributed by atoms with Crippen molar-refractivity contribution in [2.75, 3.05) is 0 Å². The highest BCUT2D eigenvalue weighted by Gasteiger charge is 2.60. The Morgan fingerprint density at radius 1 is 0.478 bits per heavy atom. The maximum absolute atomic E-state index is 2.59. The van der Waals surface area contributed by atoms with Crippen molar-refractivity contribution in [3.8, 4) is 22.3 Å². The largest absolute Gasteiger partial charge is 0.216 e. The Hall–Kier alpha value is -4.62. The summed E-state index contributed by atoms with van der Waals surface area (Å²) in [4.78, 5) is 0. The van der Waals surface area contributed by atoms with Crippen molar-refractivity contribution in [1.82, 2.24) is 0 Å². The lowest BCUT2D eigenvalue weighted by molar-refractivity contribution is 0.243. The molecule has 46 heavy (non-hydrogen) atoms. The van der Waals surface area contributed by atoms with Gasteiger partial charge in [-0.2, -0.15) is 0 Å². The summed E-state index contributed by atoms with van der Waals surface area (Å²) in [6.45, 7) is 5.60. The van der Waals surface area contributed by atoms with Gasteiger partial charge in [0.05, 0.1) is 5.41 Å². The van der Waals surface area contributed by atoms with Crippen LogP contribution in [0.2, 0.25) is 5.31 Å². The van der Waals surface area contributed by atoms with Crippen molar-refractivity contribution in [2.24, 2.45) is 0 Å². The summed E-state index contributed by atoms with van der Waals surface area (Å²) in [6.07, 6.45) is 5.17. The molecule has 0 bridgehead atoms. The summed E-state index contributed by atoms with van der Waals surface area (Å²) >= 11 is 0. The molecule has 1 fully saturated rings. The molecule has 6 aromatic rings. The van der Waals surface area contributed by atoms with Crippen LogP contribution in [0.25, 0.3) is 22.3 Å². The summed E-state index contributed by atoms with van der Waals surface area (Å²) in [5.41, 5.74) is 15.0. The fourth-order valence-corrected chi connectivity index (χ4v) is 10.1. The Kier molecular flexibility index (Phi) is 6.13. The molecule has 6 aromatic carbocycles. The van der Waals surface area contributed by atoms with Crippen LogP contribution < -0.4 is 10.9 Å². The Bertz CT molecular complexity index is 2040. The lowest BCUT2D eigenvalue weighted by atomic mass is 9.26. The fraction of sp³-hybridized carbons (Fsp3) is 0.200. The first-order valence-corrected chi connectivity index (χ1v) is 17.1. The van der Waals surface area contributed by atoms with Crippen molar-refractivity contribution in [2.45, 2.75) is 55.7 Å². The maximum Gasteiger partial charge on any atom is 0.216 e. The van der Waals surface area contributed by atoms with Gasteiger partial charge in [-0.05, 0) is 73.3 Å². The van der Waals surface area contributed by atoms with Gasteiger partial charge >= 0.3 is 0 Å². The average molecular weight is 591 g/mol. The van der Waals surface area contributed by atoms with Crippen molar-refractivity contribution in [1.29, 1.82) is 0 Å². The van der Waals surface area contributed by atoms with Gasteiger partial charge in [0.15, 0.2) is 0 Å². The van der Waals surface area contributed by atoms with E-state index in [0.717, 1.165) is 0 Å². The van der Waals surface area contributed by atoms with E-state index >= 15 is 0 Å². The third-order valence-corrected chi connectivity index (χ3v) is 12.4. The first-order valence-electron chi connectivity index (χ1n) is 17.1. The molecule has 2 aliphatic carbocycles. The topological polar surface area (TPSA) is 0 Å². The predicted molar refractivity (Wildman–Crippen MR) is 195 cm³/mol. The van der Waals surface area contributed by atoms with Gasteiger partial charge in [-0.25, -0.2) is 0 Å². The van der Waals surface area contributed by atoms with E-state index in [1.54, 1.807) is 11.0 Å². The van der Waals surface area contributed by atoms with Crippen molar-refractivity contribution >= 4 is 17.6 Å². The molecule has 0 N–H and O–H groups in total. The third kappa shape index (κ3) is 3.63. The Morgan fingerprint density at radius 2 is 1.02 bits per heavy atom. The molecule has 1 heterocycles. The molecule has 0 amide bonds. The zero-order valence-electron chi connectivity index (χ0n) is 26.8. The zero-order chi connectivity index (χ0) is 30.9. The molecule has 2 atom stereocenters. The van der Waals surface area contributed by atoms with E-state index in [9.17, 15) is 0 Å². The van der Waals surface area contributed by atoms with Crippen LogP contribution in [-0.2, 0) is 10.8 Å². The van der Waals surface area contributed by atoms with Crippen LogP contribution in [0.1, 0.15) is 67.3 Å². The maximum atomic E-state index is 2.59. The van der Waals surface area contributed by atoms with Crippen LogP contribution >= 0.6 is 0 Å². The van der Waals surface area contributed by atoms with E-state index in [0.29, 0.717) is 6.71 Å². The number of benzene rings is 6. The van der Waals surface area contributed by atoms with Gasteiger partial charge in [0.2, 0.25) is 6.71 Å². The van der Waals surface area contributed by atoms with Gasteiger partial charge in [-0.3, -0.25) is 0 Å². The molecule has 9 rings (SSSR count). The molecule has 2 unspecified atom stereocenters. The number of hydrogen-bond donors (Lipinski definition) is 0. The van der Waals surface area contributed by atoms with Crippen molar-refractivity contribution in [3.05, 3.63) is 179 Å². The van der Waals surface area contributed by atoms with E-state index in [-0.39, 0.29) is 16.1 Å². The molecule has 0 radical (unpaired) electrons. The molecule has 1 heteroatoms. The standard InChI is InChI=1S/C45H39B/c1-43-28-14-15-29-44(43,2)46(36-20-10-5-11-21-36)42-27-25-33(31-41(42)43)32-24-26-38-37-22-12-13-23-39(37)45(40(38)30-32,34-16-6-3-7-17-34)35-18-8-4-9-19-35/h3-13,16-27,30-31H,14-15,28-29H2,1-2H3. The van der Waals surface area contributed by atoms with Crippen LogP contribution in [-0.4, -0.2) is 6.71 Å². The van der Waals surface area contributed by atoms with Gasteiger partial charge < -0.3 is 0 Å². The van der Waals surface area contributed by atoms with E-state index < -0.39 is 0 Å². The number of hydrogen-bond acceptors (Lipinski definition) is 0. The van der Waals surface area contributed by atoms with Gasteiger partial charge in [-0.1, -0.05) is 190 Å². The molecule has 1 aliphatic heterocycles. The highest BCUT2D eigenvalue weighted by molar-refractivity contribution is 6.89. The van der Waals surface area contributed by atoms with Crippen LogP contribution in [0.3, 0.4) is 0 Å². The molecule has 3 aliphatic rings. The van der Waals surface area contributed by atoms with Crippen molar-refractivity contribution < 1.29 is 0 Å². The molecule has 0 aromatic heterocycles. The van der Waals surface area contributed by atoms with Crippen LogP contribution in [0.15, 0.2) is 152 Å². The minimum atomic E-state index is -0.381. The highest BCUT2D eigenvalue weighted by Crippen LogP contribution is 2.62. The molecule has 1 saturated carbocycles. The van der Waals surface area contributed by atoms with E-state index in [1.807, 2.05) is 0 Å². The quantitative estimate of drug-likeness (QED) is 0.179. The lowest BCUT2D eigenvalue weighted by Gasteiger charge is -2.48. The molecule has 0 spiro atoms. The second kappa shape index (κ2) is 10.2. The Balaban J connectivity index is 1.26. The van der Waals surface area contributed by atoms with E-state index in [2.05, 4.69) is 166 Å². The molecular formula is C45H39B. The SMILES string of the molecule is CC12CCCCC1(C)c1cc(-c3ccc4c(c3)C(c3ccccc3)(c3ccccc3)c3ccccc3-4)ccc1B2c1ccccc1. The fourth-order valence-electron chi connectivity index (χ4n) is 10.1. The van der Waals surface area contributed by atoms with Gasteiger partial charge in [-0.15, -0.1) is 0 Å². The summed E-state index contributed by atoms with van der Waals surface area (Å²) in [5, 5.41) is 0.211.